The van der Waals surface area contributed by atoms with E-state index in [4.69, 9.17) is 4.74 Å². The van der Waals surface area contributed by atoms with Gasteiger partial charge >= 0.3 is 0 Å². The van der Waals surface area contributed by atoms with Crippen LogP contribution < -0.4 is 5.32 Å². The highest BCUT2D eigenvalue weighted by molar-refractivity contribution is 14.1. The van der Waals surface area contributed by atoms with Gasteiger partial charge in [-0.15, -0.1) is 0 Å². The summed E-state index contributed by atoms with van der Waals surface area (Å²) in [6, 6.07) is 5.20. The van der Waals surface area contributed by atoms with Gasteiger partial charge in [0.15, 0.2) is 0 Å². The molecule has 1 N–H and O–H groups in total. The first-order chi connectivity index (χ1) is 8.66. The summed E-state index contributed by atoms with van der Waals surface area (Å²) in [6.07, 6.45) is 3.41. The molecule has 6 heteroatoms. The zero-order valence-corrected chi connectivity index (χ0v) is 12.1. The molecule has 1 saturated heterocycles. The molecule has 98 valence electrons. The van der Waals surface area contributed by atoms with Crippen molar-refractivity contribution in [3.63, 3.8) is 0 Å². The average Bonchev–Trinajstić information content (AvgIpc) is 2.84. The molecule has 0 amide bonds. The molecular weight excluding hydrogens is 347 g/mol. The van der Waals surface area contributed by atoms with Crippen molar-refractivity contribution in [2.24, 2.45) is 0 Å². The summed E-state index contributed by atoms with van der Waals surface area (Å²) in [6.45, 7) is 1.54. The van der Waals surface area contributed by atoms with Crippen molar-refractivity contribution in [3.05, 3.63) is 31.9 Å². The number of hydrogen-bond acceptors (Lipinski definition) is 4. The molecule has 1 atom stereocenters. The van der Waals surface area contributed by atoms with Crippen LogP contribution in [0.2, 0.25) is 0 Å². The number of ether oxygens (including phenoxy) is 1. The topological polar surface area (TPSA) is 64.4 Å². The molecule has 5 nitrogen and oxygen atoms in total. The van der Waals surface area contributed by atoms with Crippen molar-refractivity contribution >= 4 is 34.0 Å². The maximum Gasteiger partial charge on any atom is 0.293 e. The predicted octanol–water partition coefficient (Wildman–Crippen LogP) is 3.18. The van der Waals surface area contributed by atoms with E-state index in [2.05, 4.69) is 27.9 Å². The summed E-state index contributed by atoms with van der Waals surface area (Å²) >= 11 is 2.07. The summed E-state index contributed by atoms with van der Waals surface area (Å²) in [5.41, 5.74) is 0.715. The van der Waals surface area contributed by atoms with E-state index in [1.165, 1.54) is 0 Å². The summed E-state index contributed by atoms with van der Waals surface area (Å²) in [5, 5.41) is 14.1. The standard InChI is InChI=1S/C12H15IN2O3/c13-9-3-4-11(12(8-9)15(16)17)14-6-5-10-2-1-7-18-10/h3-4,8,10,14H,1-2,5-7H2. The van der Waals surface area contributed by atoms with Crippen LogP contribution in [0.4, 0.5) is 11.4 Å². The molecule has 1 aliphatic rings. The number of nitrogens with zero attached hydrogens (tertiary/aromatic N) is 1. The fourth-order valence-corrected chi connectivity index (χ4v) is 2.52. The van der Waals surface area contributed by atoms with Gasteiger partial charge in [-0.3, -0.25) is 10.1 Å². The largest absolute Gasteiger partial charge is 0.379 e. The number of benzene rings is 1. The summed E-state index contributed by atoms with van der Waals surface area (Å²) in [4.78, 5) is 10.6. The van der Waals surface area contributed by atoms with Gasteiger partial charge in [-0.05, 0) is 54.0 Å². The van der Waals surface area contributed by atoms with Crippen molar-refractivity contribution in [2.75, 3.05) is 18.5 Å². The van der Waals surface area contributed by atoms with Crippen LogP contribution in [0.3, 0.4) is 0 Å². The Bertz CT molecular complexity index is 433. The molecule has 18 heavy (non-hydrogen) atoms. The third kappa shape index (κ3) is 3.55. The second-order valence-corrected chi connectivity index (χ2v) is 5.51. The first-order valence-corrected chi connectivity index (χ1v) is 7.04. The second kappa shape index (κ2) is 6.33. The Morgan fingerprint density at radius 2 is 2.39 bits per heavy atom. The van der Waals surface area contributed by atoms with Gasteiger partial charge in [0.2, 0.25) is 0 Å². The number of nitrogens with one attached hydrogen (secondary N) is 1. The fourth-order valence-electron chi connectivity index (χ4n) is 2.05. The molecule has 0 bridgehead atoms. The van der Waals surface area contributed by atoms with Gasteiger partial charge in [0, 0.05) is 22.8 Å². The van der Waals surface area contributed by atoms with E-state index in [0.717, 1.165) is 29.4 Å². The summed E-state index contributed by atoms with van der Waals surface area (Å²) in [7, 11) is 0. The van der Waals surface area contributed by atoms with Crippen molar-refractivity contribution < 1.29 is 9.66 Å². The Morgan fingerprint density at radius 3 is 3.06 bits per heavy atom. The molecule has 2 rings (SSSR count). The van der Waals surface area contributed by atoms with Gasteiger partial charge < -0.3 is 10.1 Å². The maximum absolute atomic E-state index is 10.9. The zero-order valence-electron chi connectivity index (χ0n) is 9.89. The van der Waals surface area contributed by atoms with Crippen molar-refractivity contribution in [3.8, 4) is 0 Å². The molecule has 0 spiro atoms. The van der Waals surface area contributed by atoms with E-state index in [9.17, 15) is 10.1 Å². The Kier molecular flexibility index (Phi) is 4.76. The van der Waals surface area contributed by atoms with Crippen LogP contribution in [0.15, 0.2) is 18.2 Å². The number of rotatable bonds is 5. The van der Waals surface area contributed by atoms with E-state index in [0.29, 0.717) is 18.3 Å². The van der Waals surface area contributed by atoms with Crippen LogP contribution in [0.5, 0.6) is 0 Å². The zero-order chi connectivity index (χ0) is 13.0. The maximum atomic E-state index is 10.9. The highest BCUT2D eigenvalue weighted by Gasteiger charge is 2.17. The second-order valence-electron chi connectivity index (χ2n) is 4.27. The van der Waals surface area contributed by atoms with Crippen LogP contribution in [0.1, 0.15) is 19.3 Å². The minimum absolute atomic E-state index is 0.134. The Labute approximate surface area is 119 Å². The third-order valence-electron chi connectivity index (χ3n) is 2.96. The lowest BCUT2D eigenvalue weighted by atomic mass is 10.2. The van der Waals surface area contributed by atoms with E-state index in [-0.39, 0.29) is 10.6 Å². The van der Waals surface area contributed by atoms with Crippen LogP contribution in [-0.2, 0) is 4.74 Å². The van der Waals surface area contributed by atoms with E-state index in [1.54, 1.807) is 12.1 Å². The van der Waals surface area contributed by atoms with Gasteiger partial charge in [0.05, 0.1) is 11.0 Å². The van der Waals surface area contributed by atoms with Gasteiger partial charge in [0.25, 0.3) is 5.69 Å². The Morgan fingerprint density at radius 1 is 1.56 bits per heavy atom. The SMILES string of the molecule is O=[N+]([O-])c1cc(I)ccc1NCCC1CCCO1. The first-order valence-electron chi connectivity index (χ1n) is 5.96. The molecular formula is C12H15IN2O3. The lowest BCUT2D eigenvalue weighted by Crippen LogP contribution is -2.13. The van der Waals surface area contributed by atoms with Gasteiger partial charge in [0.1, 0.15) is 5.69 Å². The van der Waals surface area contributed by atoms with E-state index < -0.39 is 0 Å². The lowest BCUT2D eigenvalue weighted by molar-refractivity contribution is -0.384. The van der Waals surface area contributed by atoms with Crippen molar-refractivity contribution in [2.45, 2.75) is 25.4 Å². The van der Waals surface area contributed by atoms with Crippen LogP contribution in [0, 0.1) is 13.7 Å². The number of nitro benzene ring substituents is 1. The van der Waals surface area contributed by atoms with Crippen LogP contribution >= 0.6 is 22.6 Å². The number of nitro groups is 1. The van der Waals surface area contributed by atoms with Gasteiger partial charge in [-0.1, -0.05) is 0 Å². The third-order valence-corrected chi connectivity index (χ3v) is 3.63. The number of halogens is 1. The molecule has 0 radical (unpaired) electrons. The molecule has 1 aromatic carbocycles. The molecule has 1 heterocycles. The smallest absolute Gasteiger partial charge is 0.293 e. The van der Waals surface area contributed by atoms with Gasteiger partial charge in [-0.25, -0.2) is 0 Å². The fraction of sp³-hybridized carbons (Fsp3) is 0.500. The average molecular weight is 362 g/mol. The first kappa shape index (κ1) is 13.5. The molecule has 1 unspecified atom stereocenters. The molecule has 1 aromatic rings. The number of anilines is 1. The van der Waals surface area contributed by atoms with Gasteiger partial charge in [-0.2, -0.15) is 0 Å². The summed E-state index contributed by atoms with van der Waals surface area (Å²) < 4.78 is 6.38. The minimum atomic E-state index is -0.351. The molecule has 1 fully saturated rings. The van der Waals surface area contributed by atoms with Crippen molar-refractivity contribution in [1.29, 1.82) is 0 Å². The minimum Gasteiger partial charge on any atom is -0.379 e. The van der Waals surface area contributed by atoms with E-state index >= 15 is 0 Å². The van der Waals surface area contributed by atoms with Crippen LogP contribution in [-0.4, -0.2) is 24.2 Å². The summed E-state index contributed by atoms with van der Waals surface area (Å²) in [5.74, 6) is 0. The highest BCUT2D eigenvalue weighted by atomic mass is 127. The molecule has 0 aliphatic carbocycles. The Hall–Kier alpha value is -0.890. The van der Waals surface area contributed by atoms with E-state index in [1.807, 2.05) is 6.07 Å². The monoisotopic (exact) mass is 362 g/mol. The molecule has 0 aromatic heterocycles. The number of hydrogen-bond donors (Lipinski definition) is 1. The molecule has 1 aliphatic heterocycles. The van der Waals surface area contributed by atoms with Crippen molar-refractivity contribution in [1.82, 2.24) is 0 Å². The quantitative estimate of drug-likeness (QED) is 0.497. The van der Waals surface area contributed by atoms with Crippen LogP contribution in [0.25, 0.3) is 0 Å². The Balaban J connectivity index is 1.93. The predicted molar refractivity (Wildman–Crippen MR) is 77.9 cm³/mol. The highest BCUT2D eigenvalue weighted by Crippen LogP contribution is 2.26. The molecule has 0 saturated carbocycles. The lowest BCUT2D eigenvalue weighted by Gasteiger charge is -2.11. The normalized spacial score (nSPS) is 18.8.